The molecule has 5 rings (SSSR count). The Kier molecular flexibility index (Phi) is 7.18. The van der Waals surface area contributed by atoms with Crippen molar-refractivity contribution in [1.29, 1.82) is 0 Å². The summed E-state index contributed by atoms with van der Waals surface area (Å²) in [5.74, 6) is 0.635. The summed E-state index contributed by atoms with van der Waals surface area (Å²) in [6, 6.07) is 22.8. The molecule has 186 valence electrons. The lowest BCUT2D eigenvalue weighted by Gasteiger charge is -2.31. The number of rotatable bonds is 8. The minimum atomic E-state index is -0.285. The molecule has 1 saturated heterocycles. The Bertz CT molecular complexity index is 1330. The molecule has 7 heteroatoms. The van der Waals surface area contributed by atoms with Gasteiger partial charge in [-0.15, -0.1) is 5.10 Å². The Morgan fingerprint density at radius 2 is 1.72 bits per heavy atom. The number of benzene rings is 3. The van der Waals surface area contributed by atoms with Gasteiger partial charge in [-0.25, -0.2) is 0 Å². The average Bonchev–Trinajstić information content (AvgIpc) is 3.29. The summed E-state index contributed by atoms with van der Waals surface area (Å²) in [7, 11) is 0. The molecule has 1 aromatic heterocycles. The zero-order chi connectivity index (χ0) is 24.9. The van der Waals surface area contributed by atoms with Gasteiger partial charge in [-0.3, -0.25) is 9.69 Å². The van der Waals surface area contributed by atoms with Crippen molar-refractivity contribution >= 4 is 22.5 Å². The number of hydrogen-bond donors (Lipinski definition) is 1. The number of aromatic nitrogens is 2. The maximum Gasteiger partial charge on any atom is 0.282 e. The minimum absolute atomic E-state index is 0.259. The van der Waals surface area contributed by atoms with Crippen LogP contribution in [0.1, 0.15) is 42.1 Å². The van der Waals surface area contributed by atoms with E-state index in [1.54, 1.807) is 18.2 Å². The van der Waals surface area contributed by atoms with Crippen LogP contribution in [0.15, 0.2) is 72.8 Å². The molecule has 1 unspecified atom stereocenters. The van der Waals surface area contributed by atoms with E-state index in [0.29, 0.717) is 41.6 Å². The second-order valence-corrected chi connectivity index (χ2v) is 9.33. The van der Waals surface area contributed by atoms with E-state index in [1.807, 2.05) is 54.6 Å². The molecule has 0 saturated carbocycles. The van der Waals surface area contributed by atoms with Crippen molar-refractivity contribution in [3.8, 4) is 11.6 Å². The summed E-state index contributed by atoms with van der Waals surface area (Å²) in [6.45, 7) is 5.20. The van der Waals surface area contributed by atoms with Crippen LogP contribution in [0.5, 0.6) is 11.6 Å². The summed E-state index contributed by atoms with van der Waals surface area (Å²) in [6.07, 6.45) is 3.73. The number of carbonyl (C=O) groups is 1. The van der Waals surface area contributed by atoms with Crippen molar-refractivity contribution in [2.45, 2.75) is 38.8 Å². The number of carbonyl (C=O) groups excluding carboxylic acids is 1. The van der Waals surface area contributed by atoms with Crippen LogP contribution in [0.4, 0.5) is 5.69 Å². The molecule has 2 N–H and O–H groups in total. The smallest absolute Gasteiger partial charge is 0.282 e. The highest BCUT2D eigenvalue weighted by Gasteiger charge is 2.23. The topological polar surface area (TPSA) is 82.6 Å². The molecule has 1 aliphatic heterocycles. The Labute approximate surface area is 211 Å². The van der Waals surface area contributed by atoms with E-state index in [4.69, 9.17) is 15.2 Å². The fraction of sp³-hybridized carbons (Fsp3) is 0.310. The number of hydrogen-bond acceptors (Lipinski definition) is 6. The number of nitrogens with two attached hydrogens (primary N) is 1. The Balaban J connectivity index is 1.40. The third kappa shape index (κ3) is 5.21. The van der Waals surface area contributed by atoms with Gasteiger partial charge >= 0.3 is 0 Å². The van der Waals surface area contributed by atoms with Gasteiger partial charge in [-0.05, 0) is 68.8 Å². The predicted octanol–water partition coefficient (Wildman–Crippen LogP) is 5.14. The number of nitrogens with zero attached hydrogens (tertiary/aromatic N) is 3. The lowest BCUT2D eigenvalue weighted by atomic mass is 10.1. The van der Waals surface area contributed by atoms with E-state index in [-0.39, 0.29) is 11.9 Å². The van der Waals surface area contributed by atoms with Crippen LogP contribution < -0.4 is 15.2 Å². The van der Waals surface area contributed by atoms with Gasteiger partial charge in [0.1, 0.15) is 19.0 Å². The molecular formula is C29H32N4O3. The summed E-state index contributed by atoms with van der Waals surface area (Å²) in [4.78, 5) is 16.1. The van der Waals surface area contributed by atoms with Crippen LogP contribution in [0, 0.1) is 0 Å². The Morgan fingerprint density at radius 1 is 0.972 bits per heavy atom. The van der Waals surface area contributed by atoms with Gasteiger partial charge in [0.25, 0.3) is 5.91 Å². The van der Waals surface area contributed by atoms with Gasteiger partial charge < -0.3 is 15.2 Å². The van der Waals surface area contributed by atoms with Crippen LogP contribution in [0.25, 0.3) is 10.9 Å². The van der Waals surface area contributed by atoms with Gasteiger partial charge in [-0.2, -0.15) is 4.68 Å². The summed E-state index contributed by atoms with van der Waals surface area (Å²) >= 11 is 0. The highest BCUT2D eigenvalue weighted by Crippen LogP contribution is 2.30. The van der Waals surface area contributed by atoms with E-state index >= 15 is 0 Å². The first-order chi connectivity index (χ1) is 17.6. The van der Waals surface area contributed by atoms with Gasteiger partial charge in [0.2, 0.25) is 5.88 Å². The van der Waals surface area contributed by atoms with Crippen LogP contribution in [0.3, 0.4) is 0 Å². The second kappa shape index (κ2) is 10.8. The van der Waals surface area contributed by atoms with E-state index < -0.39 is 0 Å². The molecule has 3 aromatic carbocycles. The summed E-state index contributed by atoms with van der Waals surface area (Å²) in [5, 5.41) is 5.32. The summed E-state index contributed by atoms with van der Waals surface area (Å²) in [5.41, 5.74) is 8.77. The lowest BCUT2D eigenvalue weighted by molar-refractivity contribution is 0.0939. The first kappa shape index (κ1) is 23.9. The van der Waals surface area contributed by atoms with Crippen LogP contribution >= 0.6 is 0 Å². The largest absolute Gasteiger partial charge is 0.488 e. The molecule has 0 spiro atoms. The minimum Gasteiger partial charge on any atom is -0.488 e. The van der Waals surface area contributed by atoms with Crippen LogP contribution in [-0.4, -0.2) is 46.3 Å². The highest BCUT2D eigenvalue weighted by molar-refractivity contribution is 6.04. The lowest BCUT2D eigenvalue weighted by Crippen LogP contribution is -2.40. The Morgan fingerprint density at radius 3 is 2.53 bits per heavy atom. The SMILES string of the molecule is CC(COc1nn(C(=O)c2ccccc2OCc2ccccc2)c2ccc(N)cc12)N1CCCCC1. The van der Waals surface area contributed by atoms with Gasteiger partial charge in [0, 0.05) is 11.7 Å². The van der Waals surface area contributed by atoms with Crippen molar-refractivity contribution in [2.75, 3.05) is 25.4 Å². The zero-order valence-electron chi connectivity index (χ0n) is 20.6. The number of fused-ring (bicyclic) bond motifs is 1. The number of para-hydroxylation sites is 1. The van der Waals surface area contributed by atoms with Crippen molar-refractivity contribution < 1.29 is 14.3 Å². The molecule has 4 aromatic rings. The van der Waals surface area contributed by atoms with Crippen molar-refractivity contribution in [3.63, 3.8) is 0 Å². The van der Waals surface area contributed by atoms with Gasteiger partial charge in [-0.1, -0.05) is 48.9 Å². The van der Waals surface area contributed by atoms with Crippen LogP contribution in [0.2, 0.25) is 0 Å². The maximum atomic E-state index is 13.7. The fourth-order valence-corrected chi connectivity index (χ4v) is 4.65. The average molecular weight is 485 g/mol. The molecular weight excluding hydrogens is 452 g/mol. The third-order valence-corrected chi connectivity index (χ3v) is 6.69. The van der Waals surface area contributed by atoms with E-state index in [1.165, 1.54) is 23.9 Å². The van der Waals surface area contributed by atoms with Crippen molar-refractivity contribution in [3.05, 3.63) is 83.9 Å². The van der Waals surface area contributed by atoms with Gasteiger partial charge in [0.15, 0.2) is 0 Å². The molecule has 0 radical (unpaired) electrons. The monoisotopic (exact) mass is 484 g/mol. The number of ether oxygens (including phenoxy) is 2. The highest BCUT2D eigenvalue weighted by atomic mass is 16.5. The molecule has 7 nitrogen and oxygen atoms in total. The molecule has 36 heavy (non-hydrogen) atoms. The van der Waals surface area contributed by atoms with Crippen LogP contribution in [-0.2, 0) is 6.61 Å². The first-order valence-electron chi connectivity index (χ1n) is 12.6. The molecule has 0 amide bonds. The third-order valence-electron chi connectivity index (χ3n) is 6.69. The first-order valence-corrected chi connectivity index (χ1v) is 12.6. The molecule has 1 aliphatic rings. The quantitative estimate of drug-likeness (QED) is 0.349. The van der Waals surface area contributed by atoms with E-state index in [0.717, 1.165) is 24.0 Å². The maximum absolute atomic E-state index is 13.7. The predicted molar refractivity (Wildman–Crippen MR) is 141 cm³/mol. The van der Waals surface area contributed by atoms with Gasteiger partial charge in [0.05, 0.1) is 16.5 Å². The molecule has 1 atom stereocenters. The zero-order valence-corrected chi connectivity index (χ0v) is 20.6. The van der Waals surface area contributed by atoms with E-state index in [9.17, 15) is 4.79 Å². The fourth-order valence-electron chi connectivity index (χ4n) is 4.65. The van der Waals surface area contributed by atoms with Crippen molar-refractivity contribution in [2.24, 2.45) is 0 Å². The Hall–Kier alpha value is -3.84. The molecule has 2 heterocycles. The molecule has 1 fully saturated rings. The number of nitrogen functional groups attached to an aromatic ring is 1. The molecule has 0 bridgehead atoms. The standard InChI is InChI=1S/C29H32N4O3/c1-21(32-16-8-3-9-17-32)19-36-28-25-18-23(30)14-15-26(25)33(31-28)29(34)24-12-6-7-13-27(24)35-20-22-10-4-2-5-11-22/h2,4-7,10-15,18,21H,3,8-9,16-17,19-20,30H2,1H3. The summed E-state index contributed by atoms with van der Waals surface area (Å²) < 4.78 is 13.6. The second-order valence-electron chi connectivity index (χ2n) is 9.33. The number of piperidine rings is 1. The van der Waals surface area contributed by atoms with E-state index in [2.05, 4.69) is 16.9 Å². The normalized spacial score (nSPS) is 15.0. The number of likely N-dealkylation sites (tertiary alicyclic amines) is 1. The number of anilines is 1. The molecule has 0 aliphatic carbocycles. The van der Waals surface area contributed by atoms with Crippen molar-refractivity contribution in [1.82, 2.24) is 14.7 Å².